The van der Waals surface area contributed by atoms with E-state index in [1.165, 1.54) is 25.3 Å². The van der Waals surface area contributed by atoms with E-state index in [2.05, 4.69) is 5.32 Å². The molecule has 0 aliphatic rings. The van der Waals surface area contributed by atoms with Crippen LogP contribution in [0.3, 0.4) is 0 Å². The van der Waals surface area contributed by atoms with Crippen LogP contribution in [0.1, 0.15) is 0 Å². The van der Waals surface area contributed by atoms with Gasteiger partial charge >= 0.3 is 6.09 Å². The van der Waals surface area contributed by atoms with Crippen LogP contribution in [-0.2, 0) is 0 Å². The molecule has 0 aliphatic heterocycles. The Balaban J connectivity index is 2.89. The Morgan fingerprint density at radius 2 is 2.23 bits per heavy atom. The molecule has 0 saturated heterocycles. The van der Waals surface area contributed by atoms with E-state index in [0.29, 0.717) is 11.4 Å². The highest BCUT2D eigenvalue weighted by atomic mass is 16.5. The fourth-order valence-corrected chi connectivity index (χ4v) is 0.891. The largest absolute Gasteiger partial charge is 0.504 e. The van der Waals surface area contributed by atoms with Crippen molar-refractivity contribution in [2.24, 2.45) is 0 Å². The summed E-state index contributed by atoms with van der Waals surface area (Å²) in [6.07, 6.45) is -1.18. The smallest absolute Gasteiger partial charge is 0.409 e. The average molecular weight is 183 g/mol. The van der Waals surface area contributed by atoms with Gasteiger partial charge in [0, 0.05) is 11.8 Å². The second-order valence-corrected chi connectivity index (χ2v) is 2.32. The molecule has 3 N–H and O–H groups in total. The number of carboxylic acid groups (broad SMARTS) is 1. The van der Waals surface area contributed by atoms with Crippen LogP contribution in [-0.4, -0.2) is 23.4 Å². The maximum atomic E-state index is 10.2. The van der Waals surface area contributed by atoms with Gasteiger partial charge in [-0.2, -0.15) is 0 Å². The molecule has 0 radical (unpaired) electrons. The Labute approximate surface area is 74.6 Å². The van der Waals surface area contributed by atoms with Crippen molar-refractivity contribution in [2.75, 3.05) is 12.4 Å². The van der Waals surface area contributed by atoms with Crippen molar-refractivity contribution in [3.63, 3.8) is 0 Å². The Kier molecular flexibility index (Phi) is 2.59. The SMILES string of the molecule is COc1ccc(NC(=O)O)cc1O. The molecule has 0 spiro atoms. The molecule has 1 aromatic rings. The quantitative estimate of drug-likeness (QED) is 0.649. The molecule has 0 aliphatic carbocycles. The molecular formula is C8H9NO4. The van der Waals surface area contributed by atoms with E-state index in [9.17, 15) is 9.90 Å². The van der Waals surface area contributed by atoms with Crippen LogP contribution >= 0.6 is 0 Å². The summed E-state index contributed by atoms with van der Waals surface area (Å²) in [7, 11) is 1.42. The lowest BCUT2D eigenvalue weighted by Gasteiger charge is -2.05. The zero-order valence-corrected chi connectivity index (χ0v) is 6.94. The zero-order chi connectivity index (χ0) is 9.84. The van der Waals surface area contributed by atoms with Gasteiger partial charge in [0.25, 0.3) is 0 Å². The van der Waals surface area contributed by atoms with Gasteiger partial charge in [-0.05, 0) is 12.1 Å². The van der Waals surface area contributed by atoms with Crippen LogP contribution in [0, 0.1) is 0 Å². The molecule has 0 fully saturated rings. The maximum Gasteiger partial charge on any atom is 0.409 e. The van der Waals surface area contributed by atoms with Crippen molar-refractivity contribution in [1.82, 2.24) is 0 Å². The van der Waals surface area contributed by atoms with Gasteiger partial charge in [0.1, 0.15) is 0 Å². The number of phenolic OH excluding ortho intramolecular Hbond substituents is 1. The number of amides is 1. The second-order valence-electron chi connectivity index (χ2n) is 2.32. The highest BCUT2D eigenvalue weighted by Crippen LogP contribution is 2.28. The summed E-state index contributed by atoms with van der Waals surface area (Å²) in [5.41, 5.74) is 0.297. The first kappa shape index (κ1) is 9.18. The van der Waals surface area contributed by atoms with E-state index in [1.54, 1.807) is 0 Å². The fraction of sp³-hybridized carbons (Fsp3) is 0.125. The number of phenols is 1. The molecule has 70 valence electrons. The standard InChI is InChI=1S/C8H9NO4/c1-13-7-3-2-5(4-6(7)10)9-8(11)12/h2-4,9-10H,1H3,(H,11,12). The van der Waals surface area contributed by atoms with Gasteiger partial charge in [0.05, 0.1) is 7.11 Å². The molecule has 0 bridgehead atoms. The summed E-state index contributed by atoms with van der Waals surface area (Å²) in [5, 5.41) is 19.7. The van der Waals surface area contributed by atoms with Gasteiger partial charge < -0.3 is 14.9 Å². The predicted molar refractivity (Wildman–Crippen MR) is 46.3 cm³/mol. The van der Waals surface area contributed by atoms with Crippen molar-refractivity contribution in [2.45, 2.75) is 0 Å². The number of carbonyl (C=O) groups is 1. The Morgan fingerprint density at radius 1 is 1.54 bits per heavy atom. The highest BCUT2D eigenvalue weighted by Gasteiger charge is 2.03. The number of anilines is 1. The minimum Gasteiger partial charge on any atom is -0.504 e. The molecule has 0 aromatic heterocycles. The summed E-state index contributed by atoms with van der Waals surface area (Å²) in [6, 6.07) is 4.24. The molecule has 0 atom stereocenters. The number of aromatic hydroxyl groups is 1. The number of rotatable bonds is 2. The van der Waals surface area contributed by atoms with E-state index < -0.39 is 6.09 Å². The minimum atomic E-state index is -1.18. The van der Waals surface area contributed by atoms with Crippen molar-refractivity contribution >= 4 is 11.8 Å². The molecule has 1 amide bonds. The zero-order valence-electron chi connectivity index (χ0n) is 6.94. The lowest BCUT2D eigenvalue weighted by Crippen LogP contribution is -2.06. The lowest BCUT2D eigenvalue weighted by atomic mass is 10.3. The number of methoxy groups -OCH3 is 1. The van der Waals surface area contributed by atoms with Crippen LogP contribution in [0.15, 0.2) is 18.2 Å². The molecule has 0 heterocycles. The van der Waals surface area contributed by atoms with Gasteiger partial charge in [0.2, 0.25) is 0 Å². The van der Waals surface area contributed by atoms with Gasteiger partial charge in [-0.15, -0.1) is 0 Å². The second kappa shape index (κ2) is 3.66. The van der Waals surface area contributed by atoms with E-state index in [1.807, 2.05) is 0 Å². The molecule has 0 saturated carbocycles. The Hall–Kier alpha value is -1.91. The number of nitrogens with one attached hydrogen (secondary N) is 1. The third kappa shape index (κ3) is 2.26. The molecule has 5 heteroatoms. The van der Waals surface area contributed by atoms with E-state index in [4.69, 9.17) is 9.84 Å². The molecule has 5 nitrogen and oxygen atoms in total. The van der Waals surface area contributed by atoms with Crippen molar-refractivity contribution in [3.05, 3.63) is 18.2 Å². The normalized spacial score (nSPS) is 9.31. The average Bonchev–Trinajstić information content (AvgIpc) is 2.03. The molecular weight excluding hydrogens is 174 g/mol. The lowest BCUT2D eigenvalue weighted by molar-refractivity contribution is 0.209. The summed E-state index contributed by atoms with van der Waals surface area (Å²) in [5.74, 6) is 0.199. The number of ether oxygens (including phenoxy) is 1. The number of benzene rings is 1. The third-order valence-electron chi connectivity index (χ3n) is 1.43. The van der Waals surface area contributed by atoms with E-state index in [0.717, 1.165) is 0 Å². The molecule has 13 heavy (non-hydrogen) atoms. The summed E-state index contributed by atoms with van der Waals surface area (Å²) < 4.78 is 4.78. The monoisotopic (exact) mass is 183 g/mol. The van der Waals surface area contributed by atoms with Gasteiger partial charge in [-0.3, -0.25) is 5.32 Å². The van der Waals surface area contributed by atoms with Gasteiger partial charge in [0.15, 0.2) is 11.5 Å². The summed E-state index contributed by atoms with van der Waals surface area (Å²) >= 11 is 0. The summed E-state index contributed by atoms with van der Waals surface area (Å²) in [4.78, 5) is 10.2. The Bertz CT molecular complexity index is 324. The number of hydrogen-bond acceptors (Lipinski definition) is 3. The first-order chi connectivity index (χ1) is 6.13. The van der Waals surface area contributed by atoms with Gasteiger partial charge in [-0.1, -0.05) is 0 Å². The minimum absolute atomic E-state index is 0.103. The number of hydrogen-bond donors (Lipinski definition) is 3. The van der Waals surface area contributed by atoms with Crippen molar-refractivity contribution in [3.8, 4) is 11.5 Å². The first-order valence-electron chi connectivity index (χ1n) is 3.50. The first-order valence-corrected chi connectivity index (χ1v) is 3.50. The third-order valence-corrected chi connectivity index (χ3v) is 1.43. The van der Waals surface area contributed by atoms with Crippen LogP contribution in [0.25, 0.3) is 0 Å². The Morgan fingerprint density at radius 3 is 2.69 bits per heavy atom. The maximum absolute atomic E-state index is 10.2. The van der Waals surface area contributed by atoms with Crippen LogP contribution < -0.4 is 10.1 Å². The van der Waals surface area contributed by atoms with Crippen LogP contribution in [0.2, 0.25) is 0 Å². The molecule has 0 unspecified atom stereocenters. The fourth-order valence-electron chi connectivity index (χ4n) is 0.891. The van der Waals surface area contributed by atoms with E-state index >= 15 is 0 Å². The van der Waals surface area contributed by atoms with Crippen LogP contribution in [0.5, 0.6) is 11.5 Å². The van der Waals surface area contributed by atoms with Crippen molar-refractivity contribution in [1.29, 1.82) is 0 Å². The summed E-state index contributed by atoms with van der Waals surface area (Å²) in [6.45, 7) is 0. The predicted octanol–water partition coefficient (Wildman–Crippen LogP) is 1.49. The molecule has 1 aromatic carbocycles. The molecule has 1 rings (SSSR count). The topological polar surface area (TPSA) is 78.8 Å². The van der Waals surface area contributed by atoms with Gasteiger partial charge in [-0.25, -0.2) is 4.79 Å². The van der Waals surface area contributed by atoms with E-state index in [-0.39, 0.29) is 5.75 Å². The highest BCUT2D eigenvalue weighted by molar-refractivity contribution is 5.83. The van der Waals surface area contributed by atoms with Crippen molar-refractivity contribution < 1.29 is 19.7 Å². The van der Waals surface area contributed by atoms with Crippen LogP contribution in [0.4, 0.5) is 10.5 Å².